The number of aromatic nitrogens is 3. The molecule has 2 rings (SSSR count). The number of halogens is 3. The summed E-state index contributed by atoms with van der Waals surface area (Å²) in [6.45, 7) is 1.98. The standard InChI is InChI=1S/C11H10F3N5O/c1-2-20-11-18-9(15)17-10(19-11)16-8-6(13)3-5(12)4-7(8)14/h3-4H,2H2,1H3,(H3,15,16,17,18,19). The molecule has 0 radical (unpaired) electrons. The smallest absolute Gasteiger partial charge is 0.323 e. The Kier molecular flexibility index (Phi) is 3.87. The summed E-state index contributed by atoms with van der Waals surface area (Å²) in [6.07, 6.45) is 0. The maximum Gasteiger partial charge on any atom is 0.323 e. The van der Waals surface area contributed by atoms with Crippen molar-refractivity contribution >= 4 is 17.6 Å². The van der Waals surface area contributed by atoms with Crippen molar-refractivity contribution in [3.8, 4) is 6.01 Å². The van der Waals surface area contributed by atoms with Crippen molar-refractivity contribution in [2.24, 2.45) is 0 Å². The third-order valence-corrected chi connectivity index (χ3v) is 2.15. The van der Waals surface area contributed by atoms with Crippen molar-refractivity contribution in [2.75, 3.05) is 17.7 Å². The van der Waals surface area contributed by atoms with Crippen LogP contribution >= 0.6 is 0 Å². The van der Waals surface area contributed by atoms with Crippen LogP contribution in [0.25, 0.3) is 0 Å². The summed E-state index contributed by atoms with van der Waals surface area (Å²) in [5, 5.41) is 2.27. The molecule has 20 heavy (non-hydrogen) atoms. The third-order valence-electron chi connectivity index (χ3n) is 2.15. The number of nitrogens with zero attached hydrogens (tertiary/aromatic N) is 3. The molecule has 9 heteroatoms. The van der Waals surface area contributed by atoms with E-state index in [0.717, 1.165) is 0 Å². The first-order valence-electron chi connectivity index (χ1n) is 5.55. The normalized spacial score (nSPS) is 10.4. The molecule has 0 saturated heterocycles. The van der Waals surface area contributed by atoms with Gasteiger partial charge in [0.2, 0.25) is 11.9 Å². The molecule has 106 valence electrons. The van der Waals surface area contributed by atoms with Crippen LogP contribution in [0.1, 0.15) is 6.92 Å². The zero-order valence-corrected chi connectivity index (χ0v) is 10.3. The predicted octanol–water partition coefficient (Wildman–Crippen LogP) is 2.01. The summed E-state index contributed by atoms with van der Waals surface area (Å²) in [7, 11) is 0. The van der Waals surface area contributed by atoms with E-state index in [-0.39, 0.29) is 24.5 Å². The summed E-state index contributed by atoms with van der Waals surface area (Å²) in [5.74, 6) is -3.69. The molecule has 0 fully saturated rings. The van der Waals surface area contributed by atoms with Gasteiger partial charge in [0.25, 0.3) is 0 Å². The van der Waals surface area contributed by atoms with Gasteiger partial charge in [-0.05, 0) is 6.92 Å². The fraction of sp³-hybridized carbons (Fsp3) is 0.182. The van der Waals surface area contributed by atoms with E-state index in [2.05, 4.69) is 20.3 Å². The molecule has 0 spiro atoms. The molecule has 0 amide bonds. The highest BCUT2D eigenvalue weighted by molar-refractivity contribution is 5.55. The van der Waals surface area contributed by atoms with Crippen LogP contribution in [0.3, 0.4) is 0 Å². The molecule has 1 aromatic carbocycles. The number of benzene rings is 1. The first kappa shape index (κ1) is 13.8. The van der Waals surface area contributed by atoms with Crippen molar-refractivity contribution < 1.29 is 17.9 Å². The number of rotatable bonds is 4. The molecule has 6 nitrogen and oxygen atoms in total. The van der Waals surface area contributed by atoms with Gasteiger partial charge in [-0.3, -0.25) is 0 Å². The predicted molar refractivity (Wildman–Crippen MR) is 65.0 cm³/mol. The van der Waals surface area contributed by atoms with E-state index in [4.69, 9.17) is 10.5 Å². The van der Waals surface area contributed by atoms with E-state index in [1.165, 1.54) is 0 Å². The minimum Gasteiger partial charge on any atom is -0.464 e. The van der Waals surface area contributed by atoms with E-state index in [1.807, 2.05) is 0 Å². The second-order valence-corrected chi connectivity index (χ2v) is 3.60. The van der Waals surface area contributed by atoms with Gasteiger partial charge in [-0.1, -0.05) is 0 Å². The van der Waals surface area contributed by atoms with Crippen molar-refractivity contribution in [2.45, 2.75) is 6.92 Å². The van der Waals surface area contributed by atoms with Gasteiger partial charge >= 0.3 is 6.01 Å². The van der Waals surface area contributed by atoms with Crippen molar-refractivity contribution in [3.05, 3.63) is 29.6 Å². The minimum atomic E-state index is -1.13. The molecule has 0 unspecified atom stereocenters. The molecule has 0 atom stereocenters. The summed E-state index contributed by atoms with van der Waals surface area (Å²) in [6, 6.07) is 0.962. The van der Waals surface area contributed by atoms with Gasteiger partial charge < -0.3 is 15.8 Å². The lowest BCUT2D eigenvalue weighted by Gasteiger charge is -2.09. The average molecular weight is 285 g/mol. The van der Waals surface area contributed by atoms with Gasteiger partial charge in [-0.25, -0.2) is 13.2 Å². The fourth-order valence-corrected chi connectivity index (χ4v) is 1.40. The number of anilines is 3. The Morgan fingerprint density at radius 1 is 1.15 bits per heavy atom. The fourth-order valence-electron chi connectivity index (χ4n) is 1.40. The van der Waals surface area contributed by atoms with Gasteiger partial charge in [0.05, 0.1) is 6.61 Å². The van der Waals surface area contributed by atoms with Crippen LogP contribution in [0, 0.1) is 17.5 Å². The lowest BCUT2D eigenvalue weighted by atomic mass is 10.3. The van der Waals surface area contributed by atoms with Crippen LogP contribution in [-0.2, 0) is 0 Å². The van der Waals surface area contributed by atoms with Gasteiger partial charge in [0.1, 0.15) is 11.5 Å². The van der Waals surface area contributed by atoms with Gasteiger partial charge in [0.15, 0.2) is 11.6 Å². The Bertz CT molecular complexity index is 614. The number of nitrogens with one attached hydrogen (secondary N) is 1. The largest absolute Gasteiger partial charge is 0.464 e. The lowest BCUT2D eigenvalue weighted by molar-refractivity contribution is 0.312. The lowest BCUT2D eigenvalue weighted by Crippen LogP contribution is -2.08. The molecule has 0 aliphatic rings. The Morgan fingerprint density at radius 3 is 2.40 bits per heavy atom. The summed E-state index contributed by atoms with van der Waals surface area (Å²) in [5.41, 5.74) is 4.82. The van der Waals surface area contributed by atoms with Crippen molar-refractivity contribution in [3.63, 3.8) is 0 Å². The Hall–Kier alpha value is -2.58. The van der Waals surface area contributed by atoms with E-state index in [9.17, 15) is 13.2 Å². The van der Waals surface area contributed by atoms with Crippen LogP contribution in [-0.4, -0.2) is 21.6 Å². The zero-order valence-electron chi connectivity index (χ0n) is 10.3. The molecular weight excluding hydrogens is 275 g/mol. The monoisotopic (exact) mass is 285 g/mol. The highest BCUT2D eigenvalue weighted by Crippen LogP contribution is 2.23. The van der Waals surface area contributed by atoms with Crippen molar-refractivity contribution in [1.29, 1.82) is 0 Å². The molecule has 0 aliphatic carbocycles. The van der Waals surface area contributed by atoms with Gasteiger partial charge in [-0.2, -0.15) is 15.0 Å². The molecular formula is C11H10F3N5O. The molecule has 1 aromatic heterocycles. The third kappa shape index (κ3) is 3.05. The van der Waals surface area contributed by atoms with Crippen LogP contribution in [0.4, 0.5) is 30.8 Å². The maximum absolute atomic E-state index is 13.5. The maximum atomic E-state index is 13.5. The zero-order chi connectivity index (χ0) is 14.7. The quantitative estimate of drug-likeness (QED) is 0.893. The SMILES string of the molecule is CCOc1nc(N)nc(Nc2c(F)cc(F)cc2F)n1. The first-order valence-corrected chi connectivity index (χ1v) is 5.55. The van der Waals surface area contributed by atoms with Crippen LogP contribution in [0.15, 0.2) is 12.1 Å². The van der Waals surface area contributed by atoms with E-state index >= 15 is 0 Å². The highest BCUT2D eigenvalue weighted by Gasteiger charge is 2.14. The van der Waals surface area contributed by atoms with E-state index in [0.29, 0.717) is 12.1 Å². The second kappa shape index (κ2) is 5.59. The molecule has 0 saturated carbocycles. The van der Waals surface area contributed by atoms with Gasteiger partial charge in [0, 0.05) is 12.1 Å². The highest BCUT2D eigenvalue weighted by atomic mass is 19.1. The number of hydrogen-bond donors (Lipinski definition) is 2. The van der Waals surface area contributed by atoms with Gasteiger partial charge in [-0.15, -0.1) is 0 Å². The Morgan fingerprint density at radius 2 is 1.80 bits per heavy atom. The van der Waals surface area contributed by atoms with E-state index in [1.54, 1.807) is 6.92 Å². The summed E-state index contributed by atoms with van der Waals surface area (Å²) in [4.78, 5) is 11.1. The topological polar surface area (TPSA) is 86.0 Å². The average Bonchev–Trinajstić information content (AvgIpc) is 2.33. The number of nitrogen functional groups attached to an aromatic ring is 1. The molecule has 0 bridgehead atoms. The van der Waals surface area contributed by atoms with E-state index < -0.39 is 23.1 Å². The van der Waals surface area contributed by atoms with Crippen LogP contribution in [0.2, 0.25) is 0 Å². The van der Waals surface area contributed by atoms with Crippen LogP contribution < -0.4 is 15.8 Å². The second-order valence-electron chi connectivity index (χ2n) is 3.60. The summed E-state index contributed by atoms with van der Waals surface area (Å²) < 4.78 is 44.7. The number of nitrogens with two attached hydrogens (primary N) is 1. The molecule has 3 N–H and O–H groups in total. The number of hydrogen-bond acceptors (Lipinski definition) is 6. The summed E-state index contributed by atoms with van der Waals surface area (Å²) >= 11 is 0. The molecule has 2 aromatic rings. The Labute approximate surface area is 111 Å². The Balaban J connectivity index is 2.35. The minimum absolute atomic E-state index is 0.0922. The van der Waals surface area contributed by atoms with Crippen LogP contribution in [0.5, 0.6) is 6.01 Å². The first-order chi connectivity index (χ1) is 9.49. The van der Waals surface area contributed by atoms with Crippen molar-refractivity contribution in [1.82, 2.24) is 15.0 Å². The number of ether oxygens (including phenoxy) is 1. The molecule has 1 heterocycles. The molecule has 0 aliphatic heterocycles.